The highest BCUT2D eigenvalue weighted by atomic mass is 32.2. The predicted molar refractivity (Wildman–Crippen MR) is 115 cm³/mol. The molecule has 2 aromatic rings. The third kappa shape index (κ3) is 4.90. The van der Waals surface area contributed by atoms with Crippen LogP contribution in [0.5, 0.6) is 0 Å². The highest BCUT2D eigenvalue weighted by Crippen LogP contribution is 2.26. The van der Waals surface area contributed by atoms with Gasteiger partial charge in [-0.3, -0.25) is 4.79 Å². The van der Waals surface area contributed by atoms with Crippen molar-refractivity contribution in [2.24, 2.45) is 5.92 Å². The van der Waals surface area contributed by atoms with E-state index in [2.05, 4.69) is 13.8 Å². The van der Waals surface area contributed by atoms with Crippen LogP contribution in [-0.2, 0) is 21.4 Å². The molecule has 0 spiro atoms. The Morgan fingerprint density at radius 3 is 2.27 bits per heavy atom. The lowest BCUT2D eigenvalue weighted by atomic mass is 9.96. The monoisotopic (exact) mass is 432 g/mol. The van der Waals surface area contributed by atoms with Crippen LogP contribution in [-0.4, -0.2) is 43.7 Å². The Bertz CT molecular complexity index is 982. The molecule has 5 nitrogen and oxygen atoms in total. The first-order valence-electron chi connectivity index (χ1n) is 10.3. The van der Waals surface area contributed by atoms with Crippen LogP contribution in [0, 0.1) is 11.7 Å². The molecule has 2 aromatic carbocycles. The summed E-state index contributed by atoms with van der Waals surface area (Å²) in [6.07, 6.45) is 0.924. The fourth-order valence-electron chi connectivity index (χ4n) is 3.79. The topological polar surface area (TPSA) is 57.7 Å². The molecular weight excluding hydrogens is 403 g/mol. The molecule has 7 heteroatoms. The second-order valence-corrected chi connectivity index (χ2v) is 10.1. The molecule has 0 atom stereocenters. The maximum absolute atomic E-state index is 13.9. The Morgan fingerprint density at radius 2 is 1.70 bits per heavy atom. The number of benzene rings is 2. The summed E-state index contributed by atoms with van der Waals surface area (Å²) in [5, 5.41) is 0. The number of amides is 1. The Balaban J connectivity index is 1.60. The number of hydrogen-bond acceptors (Lipinski definition) is 3. The van der Waals surface area contributed by atoms with Crippen molar-refractivity contribution < 1.29 is 17.6 Å². The van der Waals surface area contributed by atoms with E-state index in [0.717, 1.165) is 5.56 Å². The molecule has 1 aliphatic heterocycles. The first-order chi connectivity index (χ1) is 14.2. The van der Waals surface area contributed by atoms with E-state index in [-0.39, 0.29) is 29.1 Å². The van der Waals surface area contributed by atoms with Crippen molar-refractivity contribution in [1.29, 1.82) is 0 Å². The van der Waals surface area contributed by atoms with E-state index in [1.54, 1.807) is 37.4 Å². The Morgan fingerprint density at radius 1 is 1.10 bits per heavy atom. The number of halogens is 1. The van der Waals surface area contributed by atoms with Gasteiger partial charge in [0.25, 0.3) is 0 Å². The van der Waals surface area contributed by atoms with Crippen molar-refractivity contribution in [1.82, 2.24) is 9.21 Å². The number of carbonyl (C=O) groups excluding carboxylic acids is 1. The highest BCUT2D eigenvalue weighted by Gasteiger charge is 2.33. The number of rotatable bonds is 6. The maximum Gasteiger partial charge on any atom is 0.243 e. The van der Waals surface area contributed by atoms with E-state index in [4.69, 9.17) is 0 Å². The zero-order chi connectivity index (χ0) is 21.9. The van der Waals surface area contributed by atoms with Crippen LogP contribution < -0.4 is 0 Å². The summed E-state index contributed by atoms with van der Waals surface area (Å²) in [6, 6.07) is 13.4. The average molecular weight is 433 g/mol. The van der Waals surface area contributed by atoms with E-state index in [1.807, 2.05) is 12.1 Å². The molecule has 0 bridgehead atoms. The Hall–Kier alpha value is -2.25. The lowest BCUT2D eigenvalue weighted by molar-refractivity contribution is -0.136. The summed E-state index contributed by atoms with van der Waals surface area (Å²) >= 11 is 0. The fraction of sp³-hybridized carbons (Fsp3) is 0.435. The van der Waals surface area contributed by atoms with E-state index in [0.29, 0.717) is 37.4 Å². The van der Waals surface area contributed by atoms with Gasteiger partial charge < -0.3 is 4.90 Å². The molecule has 0 aromatic heterocycles. The van der Waals surface area contributed by atoms with Gasteiger partial charge in [-0.05, 0) is 42.5 Å². The van der Waals surface area contributed by atoms with Gasteiger partial charge in [0.15, 0.2) is 0 Å². The lowest BCUT2D eigenvalue weighted by Crippen LogP contribution is -2.43. The average Bonchev–Trinajstić information content (AvgIpc) is 2.75. The van der Waals surface area contributed by atoms with E-state index in [9.17, 15) is 17.6 Å². The quantitative estimate of drug-likeness (QED) is 0.693. The summed E-state index contributed by atoms with van der Waals surface area (Å²) in [5.41, 5.74) is 1.56. The standard InChI is InChI=1S/C23H29FN2O3S/c1-17(2)18-8-10-21(11-9-18)30(28,29)26-14-12-19(13-15-26)23(27)25(3)16-20-6-4-5-7-22(20)24/h4-11,17,19H,12-16H2,1-3H3. The van der Waals surface area contributed by atoms with E-state index in [1.165, 1.54) is 15.3 Å². The molecule has 162 valence electrons. The van der Waals surface area contributed by atoms with Gasteiger partial charge >= 0.3 is 0 Å². The molecule has 0 aliphatic carbocycles. The minimum absolute atomic E-state index is 0.0726. The molecular formula is C23H29FN2O3S. The van der Waals surface area contributed by atoms with Crippen molar-refractivity contribution in [2.75, 3.05) is 20.1 Å². The van der Waals surface area contributed by atoms with Crippen LogP contribution in [0.25, 0.3) is 0 Å². The van der Waals surface area contributed by atoms with Crippen molar-refractivity contribution in [3.8, 4) is 0 Å². The van der Waals surface area contributed by atoms with Gasteiger partial charge in [-0.15, -0.1) is 0 Å². The molecule has 1 heterocycles. The number of piperidine rings is 1. The van der Waals surface area contributed by atoms with Gasteiger partial charge in [0.1, 0.15) is 5.82 Å². The van der Waals surface area contributed by atoms with Crippen LogP contribution in [0.4, 0.5) is 4.39 Å². The molecule has 3 rings (SSSR count). The molecule has 30 heavy (non-hydrogen) atoms. The molecule has 0 radical (unpaired) electrons. The Kier molecular flexibility index (Phi) is 6.93. The van der Waals surface area contributed by atoms with Crippen molar-refractivity contribution >= 4 is 15.9 Å². The van der Waals surface area contributed by atoms with Crippen LogP contribution >= 0.6 is 0 Å². The van der Waals surface area contributed by atoms with Crippen molar-refractivity contribution in [2.45, 2.75) is 44.0 Å². The van der Waals surface area contributed by atoms with Gasteiger partial charge in [0.05, 0.1) is 4.90 Å². The second-order valence-electron chi connectivity index (χ2n) is 8.19. The molecule has 0 unspecified atom stereocenters. The Labute approximate surface area is 178 Å². The van der Waals surface area contributed by atoms with Gasteiger partial charge in [-0.2, -0.15) is 4.31 Å². The van der Waals surface area contributed by atoms with Gasteiger partial charge in [0.2, 0.25) is 15.9 Å². The maximum atomic E-state index is 13.9. The van der Waals surface area contributed by atoms with E-state index < -0.39 is 10.0 Å². The lowest BCUT2D eigenvalue weighted by Gasteiger charge is -2.32. The zero-order valence-corrected chi connectivity index (χ0v) is 18.5. The molecule has 0 N–H and O–H groups in total. The third-order valence-electron chi connectivity index (χ3n) is 5.73. The molecule has 0 saturated carbocycles. The zero-order valence-electron chi connectivity index (χ0n) is 17.7. The summed E-state index contributed by atoms with van der Waals surface area (Å²) in [5.74, 6) is -0.320. The largest absolute Gasteiger partial charge is 0.341 e. The van der Waals surface area contributed by atoms with Gasteiger partial charge in [-0.1, -0.05) is 44.2 Å². The SMILES string of the molecule is CC(C)c1ccc(S(=O)(=O)N2CCC(C(=O)N(C)Cc3ccccc3F)CC2)cc1. The van der Waals surface area contributed by atoms with Gasteiger partial charge in [-0.25, -0.2) is 12.8 Å². The summed E-state index contributed by atoms with van der Waals surface area (Å²) in [7, 11) is -1.91. The van der Waals surface area contributed by atoms with Crippen LogP contribution in [0.15, 0.2) is 53.4 Å². The number of nitrogens with zero attached hydrogens (tertiary/aromatic N) is 2. The minimum Gasteiger partial charge on any atom is -0.341 e. The van der Waals surface area contributed by atoms with E-state index >= 15 is 0 Å². The van der Waals surface area contributed by atoms with Crippen molar-refractivity contribution in [3.05, 3.63) is 65.5 Å². The van der Waals surface area contributed by atoms with Crippen molar-refractivity contribution in [3.63, 3.8) is 0 Å². The summed E-state index contributed by atoms with van der Waals surface area (Å²) in [6.45, 7) is 4.94. The molecule has 1 amide bonds. The molecule has 1 saturated heterocycles. The number of carbonyl (C=O) groups is 1. The van der Waals surface area contributed by atoms with Gasteiger partial charge in [0, 0.05) is 38.2 Å². The second kappa shape index (κ2) is 9.27. The van der Waals surface area contributed by atoms with Crippen LogP contribution in [0.1, 0.15) is 43.7 Å². The summed E-state index contributed by atoms with van der Waals surface area (Å²) < 4.78 is 41.2. The normalized spacial score (nSPS) is 16.0. The first kappa shape index (κ1) is 22.4. The summed E-state index contributed by atoms with van der Waals surface area (Å²) in [4.78, 5) is 14.6. The smallest absolute Gasteiger partial charge is 0.243 e. The molecule has 1 fully saturated rings. The third-order valence-corrected chi connectivity index (χ3v) is 7.64. The predicted octanol–water partition coefficient (Wildman–Crippen LogP) is 4.01. The van der Waals surface area contributed by atoms with Crippen LogP contribution in [0.3, 0.4) is 0 Å². The first-order valence-corrected chi connectivity index (χ1v) is 11.7. The molecule has 1 aliphatic rings. The highest BCUT2D eigenvalue weighted by molar-refractivity contribution is 7.89. The number of sulfonamides is 1. The minimum atomic E-state index is -3.57. The fourth-order valence-corrected chi connectivity index (χ4v) is 5.26. The van der Waals surface area contributed by atoms with Crippen LogP contribution in [0.2, 0.25) is 0 Å². The number of hydrogen-bond donors (Lipinski definition) is 0.